The lowest BCUT2D eigenvalue weighted by Crippen LogP contribution is -2.17. The van der Waals surface area contributed by atoms with E-state index in [0.717, 1.165) is 12.1 Å². The first-order chi connectivity index (χ1) is 7.64. The maximum atomic E-state index is 11.9. The van der Waals surface area contributed by atoms with Gasteiger partial charge in [0.15, 0.2) is 2.14 Å². The van der Waals surface area contributed by atoms with Gasteiger partial charge in [0.2, 0.25) is 5.78 Å². The Labute approximate surface area is 129 Å². The first-order valence-electron chi connectivity index (χ1n) is 3.93. The second kappa shape index (κ2) is 5.33. The van der Waals surface area contributed by atoms with Gasteiger partial charge in [0.05, 0.1) is 15.0 Å². The number of benzene rings is 1. The van der Waals surface area contributed by atoms with Crippen molar-refractivity contribution in [1.29, 1.82) is 0 Å². The number of rotatable bonds is 2. The highest BCUT2D eigenvalue weighted by Gasteiger charge is 2.33. The van der Waals surface area contributed by atoms with Crippen LogP contribution in [0.2, 0.25) is 0 Å². The molecule has 1 rings (SSSR count). The smallest absolute Gasteiger partial charge is 0.271 e. The molecule has 0 heterocycles. The standard InChI is InChI=1S/C8H3Br4NO4/c9-5-2-3(13(16)17)1-4(6(5)14)7(15)8(10,11)12/h1-2,14H. The molecule has 0 atom stereocenters. The molecule has 0 aliphatic rings. The van der Waals surface area contributed by atoms with Crippen LogP contribution in [0.25, 0.3) is 0 Å². The molecule has 0 amide bonds. The fourth-order valence-electron chi connectivity index (χ4n) is 1.02. The summed E-state index contributed by atoms with van der Waals surface area (Å²) in [5, 5.41) is 20.3. The van der Waals surface area contributed by atoms with Gasteiger partial charge in [-0.1, -0.05) is 47.8 Å². The molecule has 1 aromatic rings. The molecule has 1 aromatic carbocycles. The highest BCUT2D eigenvalue weighted by atomic mass is 80.0. The summed E-state index contributed by atoms with van der Waals surface area (Å²) >= 11 is 11.9. The lowest BCUT2D eigenvalue weighted by atomic mass is 10.1. The second-order valence-corrected chi connectivity index (χ2v) is 10.5. The van der Waals surface area contributed by atoms with Gasteiger partial charge in [0.1, 0.15) is 5.75 Å². The molecule has 0 spiro atoms. The summed E-state index contributed by atoms with van der Waals surface area (Å²) in [5.74, 6) is -0.956. The van der Waals surface area contributed by atoms with Gasteiger partial charge in [-0.3, -0.25) is 14.9 Å². The molecule has 0 unspecified atom stereocenters. The first kappa shape index (κ1) is 15.1. The number of carbonyl (C=O) groups is 1. The number of carbonyl (C=O) groups excluding carboxylic acids is 1. The summed E-state index contributed by atoms with van der Waals surface area (Å²) < 4.78 is -1.20. The van der Waals surface area contributed by atoms with Gasteiger partial charge in [-0.15, -0.1) is 0 Å². The molecule has 0 aliphatic carbocycles. The molecule has 5 nitrogen and oxygen atoms in total. The van der Waals surface area contributed by atoms with E-state index < -0.39 is 12.8 Å². The van der Waals surface area contributed by atoms with Crippen molar-refractivity contribution in [2.24, 2.45) is 0 Å². The van der Waals surface area contributed by atoms with Crippen molar-refractivity contribution >= 4 is 75.2 Å². The van der Waals surface area contributed by atoms with E-state index >= 15 is 0 Å². The highest BCUT2D eigenvalue weighted by Crippen LogP contribution is 2.41. The lowest BCUT2D eigenvalue weighted by molar-refractivity contribution is -0.385. The third-order valence-corrected chi connectivity index (χ3v) is 3.45. The van der Waals surface area contributed by atoms with Crippen molar-refractivity contribution in [3.05, 3.63) is 32.3 Å². The third-order valence-electron chi connectivity index (χ3n) is 1.76. The Morgan fingerprint density at radius 1 is 1.35 bits per heavy atom. The summed E-state index contributed by atoms with van der Waals surface area (Å²) in [6.07, 6.45) is 0. The molecule has 9 heteroatoms. The molecule has 0 radical (unpaired) electrons. The van der Waals surface area contributed by atoms with Crippen LogP contribution in [0.15, 0.2) is 16.6 Å². The Morgan fingerprint density at radius 3 is 2.29 bits per heavy atom. The number of phenols is 1. The van der Waals surface area contributed by atoms with Crippen LogP contribution in [-0.2, 0) is 0 Å². The first-order valence-corrected chi connectivity index (χ1v) is 7.10. The van der Waals surface area contributed by atoms with Crippen LogP contribution in [-0.4, -0.2) is 18.0 Å². The van der Waals surface area contributed by atoms with Crippen LogP contribution in [0.1, 0.15) is 10.4 Å². The molecule has 17 heavy (non-hydrogen) atoms. The zero-order chi connectivity index (χ0) is 13.4. The van der Waals surface area contributed by atoms with Crippen molar-refractivity contribution in [2.45, 2.75) is 2.14 Å². The molecule has 0 aliphatic heterocycles. The molecule has 0 fully saturated rings. The molecule has 0 bridgehead atoms. The number of alkyl halides is 3. The van der Waals surface area contributed by atoms with Crippen LogP contribution >= 0.6 is 63.7 Å². The Morgan fingerprint density at radius 2 is 1.88 bits per heavy atom. The predicted octanol–water partition coefficient (Wildman–Crippen LogP) is 4.08. The fraction of sp³-hybridized carbons (Fsp3) is 0.125. The van der Waals surface area contributed by atoms with Crippen molar-refractivity contribution in [3.63, 3.8) is 0 Å². The number of ketones is 1. The summed E-state index contributed by atoms with van der Waals surface area (Å²) in [6, 6.07) is 2.12. The molecule has 0 saturated heterocycles. The van der Waals surface area contributed by atoms with Crippen molar-refractivity contribution in [1.82, 2.24) is 0 Å². The Balaban J connectivity index is 3.43. The van der Waals surface area contributed by atoms with Crippen LogP contribution in [0.5, 0.6) is 5.75 Å². The van der Waals surface area contributed by atoms with E-state index in [0.29, 0.717) is 0 Å². The molecule has 0 saturated carbocycles. The van der Waals surface area contributed by atoms with Crippen molar-refractivity contribution < 1.29 is 14.8 Å². The largest absolute Gasteiger partial charge is 0.506 e. The zero-order valence-electron chi connectivity index (χ0n) is 7.79. The topological polar surface area (TPSA) is 80.4 Å². The Bertz CT molecular complexity index is 497. The average Bonchev–Trinajstić information content (AvgIpc) is 2.19. The van der Waals surface area contributed by atoms with Crippen molar-refractivity contribution in [2.75, 3.05) is 0 Å². The van der Waals surface area contributed by atoms with Gasteiger partial charge in [0.25, 0.3) is 5.69 Å². The van der Waals surface area contributed by atoms with Gasteiger partial charge in [-0.05, 0) is 15.9 Å². The molecule has 1 N–H and O–H groups in total. The number of nitrogens with zero attached hydrogens (tertiary/aromatic N) is 1. The maximum Gasteiger partial charge on any atom is 0.271 e. The number of nitro benzene ring substituents is 1. The number of hydrogen-bond donors (Lipinski definition) is 1. The van der Waals surface area contributed by atoms with E-state index in [-0.39, 0.29) is 21.5 Å². The van der Waals surface area contributed by atoms with Gasteiger partial charge in [-0.25, -0.2) is 0 Å². The summed E-state index contributed by atoms with van der Waals surface area (Å²) in [7, 11) is 0. The fourth-order valence-corrected chi connectivity index (χ4v) is 2.10. The van der Waals surface area contributed by atoms with E-state index in [4.69, 9.17) is 0 Å². The predicted molar refractivity (Wildman–Crippen MR) is 76.3 cm³/mol. The zero-order valence-corrected chi connectivity index (χ0v) is 14.1. The number of halogens is 4. The quantitative estimate of drug-likeness (QED) is 0.290. The third kappa shape index (κ3) is 3.49. The highest BCUT2D eigenvalue weighted by molar-refractivity contribution is 9.40. The molecular formula is C8H3Br4NO4. The second-order valence-electron chi connectivity index (χ2n) is 2.91. The minimum Gasteiger partial charge on any atom is -0.506 e. The summed E-state index contributed by atoms with van der Waals surface area (Å²) in [6.45, 7) is 0. The van der Waals surface area contributed by atoms with Crippen LogP contribution in [0.3, 0.4) is 0 Å². The molecule has 0 aromatic heterocycles. The summed E-state index contributed by atoms with van der Waals surface area (Å²) in [5.41, 5.74) is -0.480. The average molecular weight is 497 g/mol. The van der Waals surface area contributed by atoms with E-state index in [1.54, 1.807) is 0 Å². The number of nitro groups is 1. The SMILES string of the molecule is O=C(c1cc([N+](=O)[O-])cc(Br)c1O)C(Br)(Br)Br. The van der Waals surface area contributed by atoms with Crippen LogP contribution in [0, 0.1) is 10.1 Å². The number of aromatic hydroxyl groups is 1. The van der Waals surface area contributed by atoms with Gasteiger partial charge in [0, 0.05) is 12.1 Å². The van der Waals surface area contributed by atoms with Crippen molar-refractivity contribution in [3.8, 4) is 5.75 Å². The minimum absolute atomic E-state index is 0.0757. The van der Waals surface area contributed by atoms with Gasteiger partial charge < -0.3 is 5.11 Å². The number of non-ortho nitro benzene ring substituents is 1. The minimum atomic E-state index is -1.28. The normalized spacial score (nSPS) is 11.3. The summed E-state index contributed by atoms with van der Waals surface area (Å²) in [4.78, 5) is 21.9. The molecule has 92 valence electrons. The number of hydrogen-bond acceptors (Lipinski definition) is 4. The van der Waals surface area contributed by atoms with Gasteiger partial charge in [-0.2, -0.15) is 0 Å². The monoisotopic (exact) mass is 493 g/mol. The Hall–Kier alpha value is 0.0100. The lowest BCUT2D eigenvalue weighted by Gasteiger charge is -2.12. The number of phenolic OH excluding ortho intramolecular Hbond substituents is 1. The van der Waals surface area contributed by atoms with E-state index in [9.17, 15) is 20.0 Å². The van der Waals surface area contributed by atoms with Crippen LogP contribution in [0.4, 0.5) is 5.69 Å². The van der Waals surface area contributed by atoms with Crippen LogP contribution < -0.4 is 0 Å². The van der Waals surface area contributed by atoms with Gasteiger partial charge >= 0.3 is 0 Å². The maximum absolute atomic E-state index is 11.9. The Kier molecular flexibility index (Phi) is 4.73. The van der Waals surface area contributed by atoms with E-state index in [2.05, 4.69) is 63.7 Å². The number of Topliss-reactive ketones (excluding diaryl/α,β-unsaturated/α-hetero) is 1. The van der Waals surface area contributed by atoms with E-state index in [1.807, 2.05) is 0 Å². The molecular weight excluding hydrogens is 494 g/mol. The van der Waals surface area contributed by atoms with E-state index in [1.165, 1.54) is 0 Å².